The number of benzene rings is 1. The number of esters is 1. The summed E-state index contributed by atoms with van der Waals surface area (Å²) in [6.45, 7) is 0.210. The molecule has 0 aliphatic rings. The predicted molar refractivity (Wildman–Crippen MR) is 123 cm³/mol. The summed E-state index contributed by atoms with van der Waals surface area (Å²) >= 11 is 0. The number of methoxy groups -OCH3 is 1. The van der Waals surface area contributed by atoms with Crippen LogP contribution in [0.3, 0.4) is 0 Å². The van der Waals surface area contributed by atoms with Crippen molar-refractivity contribution in [2.75, 3.05) is 31.0 Å². The van der Waals surface area contributed by atoms with Gasteiger partial charge >= 0.3 is 12.0 Å². The predicted octanol–water partition coefficient (Wildman–Crippen LogP) is 2.40. The number of hydrogen-bond acceptors (Lipinski definition) is 10. The van der Waals surface area contributed by atoms with Crippen LogP contribution in [-0.2, 0) is 16.0 Å². The number of anilines is 2. The third kappa shape index (κ3) is 6.00. The minimum Gasteiger partial charge on any atom is -0.468 e. The first-order valence-corrected chi connectivity index (χ1v) is 10.2. The molecule has 33 heavy (non-hydrogen) atoms. The molecule has 11 nitrogen and oxygen atoms in total. The Balaban J connectivity index is 1.46. The first-order chi connectivity index (χ1) is 16.2. The van der Waals surface area contributed by atoms with Crippen LogP contribution in [0.2, 0.25) is 0 Å². The van der Waals surface area contributed by atoms with Crippen LogP contribution < -0.4 is 15.5 Å². The molecule has 0 bridgehead atoms. The van der Waals surface area contributed by atoms with Crippen LogP contribution in [0.15, 0.2) is 60.0 Å². The first-order valence-electron chi connectivity index (χ1n) is 10.2. The lowest BCUT2D eigenvalue weighted by atomic mass is 10.2. The van der Waals surface area contributed by atoms with E-state index in [9.17, 15) is 4.79 Å². The van der Waals surface area contributed by atoms with Gasteiger partial charge in [-0.3, -0.25) is 9.78 Å². The molecular formula is C22H22N8O3. The lowest BCUT2D eigenvalue weighted by molar-refractivity contribution is -0.138. The average molecular weight is 446 g/mol. The maximum atomic E-state index is 11.5. The standard InChI is InChI=1S/C22H22N8O3/c1-32-19(31)14-25-20-27-21(29-22(28-20)33-11-9-16-6-4-5-10-23-16)30-26-13-15-12-24-18-8-3-2-7-17(15)18/h2-8,10,12-13,24H,9,11,14H2,1H3,(H2,25,27,28,29,30). The molecule has 168 valence electrons. The van der Waals surface area contributed by atoms with Crippen molar-refractivity contribution in [1.29, 1.82) is 0 Å². The fourth-order valence-corrected chi connectivity index (χ4v) is 2.93. The molecule has 3 heterocycles. The Morgan fingerprint density at radius 1 is 1.12 bits per heavy atom. The van der Waals surface area contributed by atoms with Gasteiger partial charge in [0.15, 0.2) is 0 Å². The SMILES string of the molecule is COC(=O)CNc1nc(NN=Cc2c[nH]c3ccccc23)nc(OCCc2ccccn2)n1. The highest BCUT2D eigenvalue weighted by Crippen LogP contribution is 2.16. The van der Waals surface area contributed by atoms with E-state index < -0.39 is 5.97 Å². The molecule has 0 fully saturated rings. The van der Waals surface area contributed by atoms with Gasteiger partial charge in [-0.25, -0.2) is 5.43 Å². The Morgan fingerprint density at radius 2 is 1.97 bits per heavy atom. The summed E-state index contributed by atoms with van der Waals surface area (Å²) in [5.74, 6) is -0.158. The molecule has 0 atom stereocenters. The minimum absolute atomic E-state index is 0.0816. The van der Waals surface area contributed by atoms with E-state index in [1.165, 1.54) is 7.11 Å². The van der Waals surface area contributed by atoms with Crippen LogP contribution >= 0.6 is 0 Å². The largest absolute Gasteiger partial charge is 0.468 e. The van der Waals surface area contributed by atoms with Gasteiger partial charge in [-0.15, -0.1) is 0 Å². The maximum Gasteiger partial charge on any atom is 0.325 e. The van der Waals surface area contributed by atoms with Crippen molar-refractivity contribution in [2.45, 2.75) is 6.42 Å². The fourth-order valence-electron chi connectivity index (χ4n) is 2.93. The van der Waals surface area contributed by atoms with Gasteiger partial charge in [-0.1, -0.05) is 24.3 Å². The van der Waals surface area contributed by atoms with Crippen molar-refractivity contribution in [2.24, 2.45) is 5.10 Å². The molecule has 0 saturated heterocycles. The van der Waals surface area contributed by atoms with E-state index in [0.717, 1.165) is 22.2 Å². The van der Waals surface area contributed by atoms with E-state index in [-0.39, 0.29) is 24.5 Å². The molecule has 0 radical (unpaired) electrons. The normalized spacial score (nSPS) is 10.9. The zero-order valence-electron chi connectivity index (χ0n) is 17.9. The lowest BCUT2D eigenvalue weighted by Crippen LogP contribution is -2.18. The molecule has 4 aromatic rings. The van der Waals surface area contributed by atoms with E-state index in [1.54, 1.807) is 12.4 Å². The highest BCUT2D eigenvalue weighted by atomic mass is 16.5. The highest BCUT2D eigenvalue weighted by Gasteiger charge is 2.10. The van der Waals surface area contributed by atoms with E-state index in [1.807, 2.05) is 48.7 Å². The minimum atomic E-state index is -0.458. The quantitative estimate of drug-likeness (QED) is 0.190. The van der Waals surface area contributed by atoms with Crippen LogP contribution in [0.1, 0.15) is 11.3 Å². The summed E-state index contributed by atoms with van der Waals surface area (Å²) in [4.78, 5) is 31.6. The molecule has 0 aliphatic carbocycles. The number of para-hydroxylation sites is 1. The number of nitrogens with zero attached hydrogens (tertiary/aromatic N) is 5. The number of fused-ring (bicyclic) bond motifs is 1. The molecule has 0 unspecified atom stereocenters. The molecule has 0 aliphatic heterocycles. The number of aromatic nitrogens is 5. The monoisotopic (exact) mass is 446 g/mol. The number of pyridine rings is 1. The van der Waals surface area contributed by atoms with E-state index >= 15 is 0 Å². The molecule has 4 rings (SSSR count). The van der Waals surface area contributed by atoms with Gasteiger partial charge in [-0.05, 0) is 18.2 Å². The summed E-state index contributed by atoms with van der Waals surface area (Å²) in [6, 6.07) is 13.7. The third-order valence-corrected chi connectivity index (χ3v) is 4.54. The lowest BCUT2D eigenvalue weighted by Gasteiger charge is -2.09. The molecule has 0 spiro atoms. The number of rotatable bonds is 10. The van der Waals surface area contributed by atoms with Gasteiger partial charge in [0.25, 0.3) is 5.95 Å². The van der Waals surface area contributed by atoms with Gasteiger partial charge in [0, 0.05) is 41.0 Å². The van der Waals surface area contributed by atoms with Gasteiger partial charge < -0.3 is 19.8 Å². The van der Waals surface area contributed by atoms with Crippen molar-refractivity contribution in [3.63, 3.8) is 0 Å². The highest BCUT2D eigenvalue weighted by molar-refractivity contribution is 5.99. The van der Waals surface area contributed by atoms with Crippen molar-refractivity contribution >= 4 is 35.0 Å². The second-order valence-electron chi connectivity index (χ2n) is 6.77. The van der Waals surface area contributed by atoms with Gasteiger partial charge in [0.05, 0.1) is 19.9 Å². The van der Waals surface area contributed by atoms with Crippen molar-refractivity contribution < 1.29 is 14.3 Å². The van der Waals surface area contributed by atoms with Gasteiger partial charge in [0.1, 0.15) is 6.54 Å². The Bertz CT molecular complexity index is 1240. The van der Waals surface area contributed by atoms with Gasteiger partial charge in [-0.2, -0.15) is 20.1 Å². The zero-order valence-corrected chi connectivity index (χ0v) is 17.9. The number of carbonyl (C=O) groups excluding carboxylic acids is 1. The molecule has 11 heteroatoms. The van der Waals surface area contributed by atoms with E-state index in [2.05, 4.69) is 45.5 Å². The number of hydrogen-bond donors (Lipinski definition) is 3. The summed E-state index contributed by atoms with van der Waals surface area (Å²) in [5.41, 5.74) is 5.59. The Kier molecular flexibility index (Phi) is 7.01. The smallest absolute Gasteiger partial charge is 0.325 e. The van der Waals surface area contributed by atoms with Crippen LogP contribution in [0, 0.1) is 0 Å². The number of H-pyrrole nitrogens is 1. The Labute approximate surface area is 189 Å². The topological polar surface area (TPSA) is 139 Å². The summed E-state index contributed by atoms with van der Waals surface area (Å²) in [6.07, 6.45) is 5.82. The number of nitrogens with one attached hydrogen (secondary N) is 3. The Hall–Kier alpha value is -4.54. The zero-order chi connectivity index (χ0) is 22.9. The fraction of sp³-hybridized carbons (Fsp3) is 0.182. The second-order valence-corrected chi connectivity index (χ2v) is 6.77. The van der Waals surface area contributed by atoms with Crippen molar-refractivity contribution in [3.05, 3.63) is 66.1 Å². The molecular weight excluding hydrogens is 424 g/mol. The van der Waals surface area contributed by atoms with Gasteiger partial charge in [0.2, 0.25) is 5.95 Å². The first kappa shape index (κ1) is 21.7. The molecule has 3 aromatic heterocycles. The summed E-state index contributed by atoms with van der Waals surface area (Å²) < 4.78 is 10.3. The van der Waals surface area contributed by atoms with Crippen LogP contribution in [0.25, 0.3) is 10.9 Å². The summed E-state index contributed by atoms with van der Waals surface area (Å²) in [7, 11) is 1.30. The summed E-state index contributed by atoms with van der Waals surface area (Å²) in [5, 5.41) is 8.05. The molecule has 3 N–H and O–H groups in total. The second kappa shape index (κ2) is 10.7. The number of hydrazone groups is 1. The Morgan fingerprint density at radius 3 is 2.82 bits per heavy atom. The molecule has 0 saturated carbocycles. The van der Waals surface area contributed by atoms with E-state index in [4.69, 9.17) is 4.74 Å². The average Bonchev–Trinajstić information content (AvgIpc) is 3.26. The maximum absolute atomic E-state index is 11.5. The third-order valence-electron chi connectivity index (χ3n) is 4.54. The van der Waals surface area contributed by atoms with Crippen molar-refractivity contribution in [3.8, 4) is 6.01 Å². The van der Waals surface area contributed by atoms with Crippen LogP contribution in [0.4, 0.5) is 11.9 Å². The number of ether oxygens (including phenoxy) is 2. The van der Waals surface area contributed by atoms with Crippen LogP contribution in [-0.4, -0.2) is 57.4 Å². The molecule has 0 amide bonds. The number of aromatic amines is 1. The van der Waals surface area contributed by atoms with E-state index in [0.29, 0.717) is 13.0 Å². The molecule has 1 aromatic carbocycles. The van der Waals surface area contributed by atoms with Crippen LogP contribution in [0.5, 0.6) is 6.01 Å². The number of carbonyl (C=O) groups is 1. The van der Waals surface area contributed by atoms with Crippen molar-refractivity contribution in [1.82, 2.24) is 24.9 Å².